The van der Waals surface area contributed by atoms with Gasteiger partial charge < -0.3 is 10.1 Å². The van der Waals surface area contributed by atoms with E-state index in [0.29, 0.717) is 0 Å². The zero-order valence-corrected chi connectivity index (χ0v) is 17.7. The standard InChI is InChI=1S/C16H17NO.Cs/c1-2-15(13-9-5-3-6-10-13)16(18)17-14-11-7-4-8-12-14;/h3-12,15H,2H2,1H3,(H,17,18);/q;+1/p-1. The Morgan fingerprint density at radius 2 is 1.53 bits per heavy atom. The average Bonchev–Trinajstić information content (AvgIpc) is 2.42. The van der Waals surface area contributed by atoms with Gasteiger partial charge in [0.2, 0.25) is 0 Å². The molecule has 1 amide bonds. The monoisotopic (exact) mass is 371 g/mol. The van der Waals surface area contributed by atoms with Crippen LogP contribution in [-0.2, 0) is 4.79 Å². The molecule has 0 bridgehead atoms. The third-order valence-electron chi connectivity index (χ3n) is 2.90. The number of benzene rings is 2. The number of amides is 1. The van der Waals surface area contributed by atoms with Crippen molar-refractivity contribution in [3.8, 4) is 0 Å². The Morgan fingerprint density at radius 1 is 1.00 bits per heavy atom. The van der Waals surface area contributed by atoms with Crippen LogP contribution in [0.2, 0.25) is 0 Å². The van der Waals surface area contributed by atoms with Gasteiger partial charge in [-0.25, -0.2) is 0 Å². The molecule has 0 aliphatic rings. The summed E-state index contributed by atoms with van der Waals surface area (Å²) in [6.45, 7) is 2.01. The van der Waals surface area contributed by atoms with Gasteiger partial charge in [-0.2, -0.15) is 0 Å². The van der Waals surface area contributed by atoms with Crippen LogP contribution in [0.25, 0.3) is 5.32 Å². The first-order valence-electron chi connectivity index (χ1n) is 6.17. The molecular formula is C16H16CsNO. The molecule has 0 radical (unpaired) electrons. The summed E-state index contributed by atoms with van der Waals surface area (Å²) < 4.78 is 0. The largest absolute Gasteiger partial charge is 1.00 e. The molecule has 1 atom stereocenters. The second-order valence-corrected chi connectivity index (χ2v) is 4.16. The molecule has 2 aromatic rings. The van der Waals surface area contributed by atoms with Crippen LogP contribution in [-0.4, -0.2) is 5.91 Å². The summed E-state index contributed by atoms with van der Waals surface area (Å²) in [4.78, 5) is 12.2. The van der Waals surface area contributed by atoms with Crippen LogP contribution in [0.1, 0.15) is 24.8 Å². The number of hydrogen-bond acceptors (Lipinski definition) is 1. The zero-order chi connectivity index (χ0) is 12.8. The Labute approximate surface area is 173 Å². The van der Waals surface area contributed by atoms with Crippen molar-refractivity contribution in [1.29, 1.82) is 0 Å². The second kappa shape index (κ2) is 9.00. The summed E-state index contributed by atoms with van der Waals surface area (Å²) >= 11 is 0. The van der Waals surface area contributed by atoms with Crippen molar-refractivity contribution < 1.29 is 73.7 Å². The molecule has 0 saturated carbocycles. The van der Waals surface area contributed by atoms with Crippen molar-refractivity contribution >= 4 is 11.6 Å². The Hall–Kier alpha value is -0.0381. The summed E-state index contributed by atoms with van der Waals surface area (Å²) in [7, 11) is 0. The Balaban J connectivity index is 0.00000180. The molecule has 2 nitrogen and oxygen atoms in total. The number of hydrogen-bond donors (Lipinski definition) is 0. The third-order valence-corrected chi connectivity index (χ3v) is 2.90. The quantitative estimate of drug-likeness (QED) is 0.800. The van der Waals surface area contributed by atoms with E-state index in [2.05, 4.69) is 5.32 Å². The van der Waals surface area contributed by atoms with Crippen LogP contribution >= 0.6 is 0 Å². The molecule has 0 N–H and O–H groups in total. The molecule has 0 aliphatic heterocycles. The zero-order valence-electron chi connectivity index (χ0n) is 11.4. The summed E-state index contributed by atoms with van der Waals surface area (Å²) in [5.74, 6) is -0.221. The van der Waals surface area contributed by atoms with Crippen LogP contribution in [0.3, 0.4) is 0 Å². The van der Waals surface area contributed by atoms with E-state index in [-0.39, 0.29) is 80.7 Å². The van der Waals surface area contributed by atoms with Crippen molar-refractivity contribution in [1.82, 2.24) is 0 Å². The molecule has 92 valence electrons. The van der Waals surface area contributed by atoms with E-state index in [1.165, 1.54) is 0 Å². The van der Waals surface area contributed by atoms with Crippen LogP contribution in [0, 0.1) is 0 Å². The van der Waals surface area contributed by atoms with E-state index < -0.39 is 0 Å². The molecule has 3 heteroatoms. The summed E-state index contributed by atoms with van der Waals surface area (Å²) in [5.41, 5.74) is 1.75. The van der Waals surface area contributed by atoms with Gasteiger partial charge in [0.25, 0.3) is 0 Å². The van der Waals surface area contributed by atoms with Crippen molar-refractivity contribution in [2.45, 2.75) is 19.3 Å². The van der Waals surface area contributed by atoms with Gasteiger partial charge in [-0.05, 0) is 12.0 Å². The Kier molecular flexibility index (Phi) is 8.06. The fourth-order valence-electron chi connectivity index (χ4n) is 1.95. The van der Waals surface area contributed by atoms with Crippen molar-refractivity contribution in [2.24, 2.45) is 0 Å². The maximum atomic E-state index is 12.2. The fourth-order valence-corrected chi connectivity index (χ4v) is 1.95. The average molecular weight is 371 g/mol. The van der Waals surface area contributed by atoms with E-state index in [9.17, 15) is 4.79 Å². The van der Waals surface area contributed by atoms with Crippen LogP contribution in [0.15, 0.2) is 60.7 Å². The van der Waals surface area contributed by atoms with Crippen LogP contribution < -0.4 is 68.9 Å². The van der Waals surface area contributed by atoms with Crippen molar-refractivity contribution in [3.63, 3.8) is 0 Å². The topological polar surface area (TPSA) is 31.2 Å². The van der Waals surface area contributed by atoms with Gasteiger partial charge in [0.05, 0.1) is 5.91 Å². The van der Waals surface area contributed by atoms with Gasteiger partial charge in [0.1, 0.15) is 0 Å². The summed E-state index contributed by atoms with van der Waals surface area (Å²) in [6, 6.07) is 19.2. The molecule has 0 spiro atoms. The minimum absolute atomic E-state index is 0. The van der Waals surface area contributed by atoms with Gasteiger partial charge in [-0.3, -0.25) is 0 Å². The number of carbonyl (C=O) groups is 1. The van der Waals surface area contributed by atoms with E-state index in [0.717, 1.165) is 17.7 Å². The predicted molar refractivity (Wildman–Crippen MR) is 73.9 cm³/mol. The van der Waals surface area contributed by atoms with E-state index in [1.807, 2.05) is 67.6 Å². The predicted octanol–water partition coefficient (Wildman–Crippen LogP) is 1.42. The summed E-state index contributed by atoms with van der Waals surface area (Å²) in [6.07, 6.45) is 0.763. The minimum atomic E-state index is -0.147. The Bertz CT molecular complexity index is 499. The Morgan fingerprint density at radius 3 is 2.05 bits per heavy atom. The van der Waals surface area contributed by atoms with Gasteiger partial charge in [0, 0.05) is 5.92 Å². The molecule has 0 heterocycles. The van der Waals surface area contributed by atoms with Crippen LogP contribution in [0.5, 0.6) is 0 Å². The number of carbonyl (C=O) groups excluding carboxylic acids is 1. The minimum Gasteiger partial charge on any atom is -0.626 e. The smallest absolute Gasteiger partial charge is 0.626 e. The van der Waals surface area contributed by atoms with Crippen molar-refractivity contribution in [3.05, 3.63) is 71.5 Å². The van der Waals surface area contributed by atoms with Gasteiger partial charge in [-0.1, -0.05) is 67.6 Å². The molecule has 0 fully saturated rings. The van der Waals surface area contributed by atoms with Crippen LogP contribution in [0.4, 0.5) is 5.69 Å². The third kappa shape index (κ3) is 5.10. The molecule has 0 saturated heterocycles. The SMILES string of the molecule is CCC(C(=O)[N-]c1ccccc1)c1ccccc1.[Cs+]. The normalized spacial score (nSPS) is 11.2. The fraction of sp³-hybridized carbons (Fsp3) is 0.188. The first-order valence-corrected chi connectivity index (χ1v) is 6.17. The molecular weight excluding hydrogens is 355 g/mol. The molecule has 0 aromatic heterocycles. The van der Waals surface area contributed by atoms with E-state index >= 15 is 0 Å². The van der Waals surface area contributed by atoms with Gasteiger partial charge in [0.15, 0.2) is 0 Å². The molecule has 19 heavy (non-hydrogen) atoms. The molecule has 0 aliphatic carbocycles. The van der Waals surface area contributed by atoms with Crippen molar-refractivity contribution in [2.75, 3.05) is 0 Å². The first kappa shape index (κ1) is 17.0. The summed E-state index contributed by atoms with van der Waals surface area (Å²) in [5, 5.41) is 4.17. The number of para-hydroxylation sites is 1. The van der Waals surface area contributed by atoms with E-state index in [4.69, 9.17) is 0 Å². The molecule has 1 unspecified atom stereocenters. The molecule has 2 rings (SSSR count). The second-order valence-electron chi connectivity index (χ2n) is 4.16. The van der Waals surface area contributed by atoms with E-state index in [1.54, 1.807) is 0 Å². The van der Waals surface area contributed by atoms with Gasteiger partial charge in [-0.15, -0.1) is 5.69 Å². The maximum Gasteiger partial charge on any atom is 1.00 e. The maximum absolute atomic E-state index is 12.2. The number of nitrogens with zero attached hydrogens (tertiary/aromatic N) is 1. The first-order chi connectivity index (χ1) is 8.81. The number of rotatable bonds is 4. The molecule has 2 aromatic carbocycles. The van der Waals surface area contributed by atoms with Gasteiger partial charge >= 0.3 is 68.9 Å².